The predicted octanol–water partition coefficient (Wildman–Crippen LogP) is 2.87. The van der Waals surface area contributed by atoms with E-state index in [0.29, 0.717) is 12.6 Å². The fourth-order valence-corrected chi connectivity index (χ4v) is 3.74. The fourth-order valence-electron chi connectivity index (χ4n) is 3.74. The summed E-state index contributed by atoms with van der Waals surface area (Å²) in [5.41, 5.74) is 0. The number of hydrogen-bond acceptors (Lipinski definition) is 3. The third-order valence-electron chi connectivity index (χ3n) is 5.01. The Kier molecular flexibility index (Phi) is 5.97. The van der Waals surface area contributed by atoms with Crippen molar-refractivity contribution >= 4 is 6.03 Å². The predicted molar refractivity (Wildman–Crippen MR) is 90.4 cm³/mol. The molecule has 0 unspecified atom stereocenters. The van der Waals surface area contributed by atoms with Gasteiger partial charge in [-0.3, -0.25) is 0 Å². The number of rotatable bonds is 6. The molecule has 5 nitrogen and oxygen atoms in total. The van der Waals surface area contributed by atoms with Crippen molar-refractivity contribution in [2.24, 2.45) is 0 Å². The Labute approximate surface area is 139 Å². The fraction of sp³-hybridized carbons (Fsp3) is 0.722. The molecule has 2 aliphatic rings. The SMILES string of the molecule is O=C(NCCCc1ccco1)N1CCCC[C@@H]1CN1CCCC1. The number of urea groups is 1. The number of nitrogens with one attached hydrogen (secondary N) is 1. The van der Waals surface area contributed by atoms with Crippen LogP contribution in [0.4, 0.5) is 4.79 Å². The lowest BCUT2D eigenvalue weighted by Gasteiger charge is -2.37. The minimum Gasteiger partial charge on any atom is -0.469 e. The number of carbonyl (C=O) groups excluding carboxylic acids is 1. The normalized spacial score (nSPS) is 22.4. The molecule has 0 bridgehead atoms. The zero-order chi connectivity index (χ0) is 15.9. The van der Waals surface area contributed by atoms with Crippen LogP contribution in [0.5, 0.6) is 0 Å². The maximum atomic E-state index is 12.5. The van der Waals surface area contributed by atoms with Gasteiger partial charge < -0.3 is 19.5 Å². The number of piperidine rings is 1. The van der Waals surface area contributed by atoms with Gasteiger partial charge in [0.15, 0.2) is 0 Å². The van der Waals surface area contributed by atoms with E-state index in [9.17, 15) is 4.79 Å². The molecule has 1 atom stereocenters. The highest BCUT2D eigenvalue weighted by Gasteiger charge is 2.28. The van der Waals surface area contributed by atoms with Gasteiger partial charge in [0.2, 0.25) is 0 Å². The molecule has 1 aromatic rings. The molecule has 2 saturated heterocycles. The average Bonchev–Trinajstić information content (AvgIpc) is 3.25. The van der Waals surface area contributed by atoms with Gasteiger partial charge in [0.05, 0.1) is 6.26 Å². The van der Waals surface area contributed by atoms with Crippen molar-refractivity contribution in [2.75, 3.05) is 32.7 Å². The van der Waals surface area contributed by atoms with Gasteiger partial charge in [-0.1, -0.05) is 0 Å². The van der Waals surface area contributed by atoms with E-state index in [1.165, 1.54) is 32.4 Å². The van der Waals surface area contributed by atoms with Crippen LogP contribution in [0, 0.1) is 0 Å². The summed E-state index contributed by atoms with van der Waals surface area (Å²) in [5.74, 6) is 0.990. The van der Waals surface area contributed by atoms with Crippen molar-refractivity contribution in [3.05, 3.63) is 24.2 Å². The molecule has 5 heteroatoms. The first-order valence-corrected chi connectivity index (χ1v) is 9.12. The summed E-state index contributed by atoms with van der Waals surface area (Å²) >= 11 is 0. The molecule has 0 radical (unpaired) electrons. The van der Waals surface area contributed by atoms with Crippen LogP contribution in [-0.2, 0) is 6.42 Å². The van der Waals surface area contributed by atoms with Crippen LogP contribution in [0.25, 0.3) is 0 Å². The van der Waals surface area contributed by atoms with Crippen LogP contribution < -0.4 is 5.32 Å². The summed E-state index contributed by atoms with van der Waals surface area (Å²) in [4.78, 5) is 17.1. The number of hydrogen-bond donors (Lipinski definition) is 1. The monoisotopic (exact) mass is 319 g/mol. The summed E-state index contributed by atoms with van der Waals surface area (Å²) in [6.45, 7) is 5.08. The standard InChI is InChI=1S/C18H29N3O2/c22-18(19-10-5-8-17-9-6-14-23-17)21-13-2-1-7-16(21)15-20-11-3-4-12-20/h6,9,14,16H,1-5,7-8,10-13,15H2,(H,19,22)/t16-/m1/s1. The number of likely N-dealkylation sites (tertiary alicyclic amines) is 2. The minimum atomic E-state index is 0.119. The molecular weight excluding hydrogens is 290 g/mol. The van der Waals surface area contributed by atoms with Crippen LogP contribution in [0.3, 0.4) is 0 Å². The molecule has 128 valence electrons. The molecule has 0 aliphatic carbocycles. The lowest BCUT2D eigenvalue weighted by Crippen LogP contribution is -2.52. The van der Waals surface area contributed by atoms with E-state index in [-0.39, 0.29) is 6.03 Å². The van der Waals surface area contributed by atoms with E-state index in [1.807, 2.05) is 12.1 Å². The largest absolute Gasteiger partial charge is 0.469 e. The third kappa shape index (κ3) is 4.74. The Balaban J connectivity index is 1.41. The Bertz CT molecular complexity index is 469. The molecule has 2 amide bonds. The molecule has 3 heterocycles. The summed E-state index contributed by atoms with van der Waals surface area (Å²) in [7, 11) is 0. The summed E-state index contributed by atoms with van der Waals surface area (Å²) < 4.78 is 5.32. The number of furan rings is 1. The van der Waals surface area contributed by atoms with E-state index in [0.717, 1.165) is 44.5 Å². The smallest absolute Gasteiger partial charge is 0.317 e. The molecule has 2 aliphatic heterocycles. The highest BCUT2D eigenvalue weighted by Crippen LogP contribution is 2.20. The summed E-state index contributed by atoms with van der Waals surface area (Å²) in [6, 6.07) is 4.41. The highest BCUT2D eigenvalue weighted by atomic mass is 16.3. The van der Waals surface area contributed by atoms with E-state index in [1.54, 1.807) is 6.26 Å². The van der Waals surface area contributed by atoms with Crippen molar-refractivity contribution in [3.8, 4) is 0 Å². The van der Waals surface area contributed by atoms with Crippen molar-refractivity contribution in [2.45, 2.75) is 51.0 Å². The zero-order valence-electron chi connectivity index (χ0n) is 14.0. The van der Waals surface area contributed by atoms with Gasteiger partial charge in [0.25, 0.3) is 0 Å². The van der Waals surface area contributed by atoms with Gasteiger partial charge in [0.1, 0.15) is 5.76 Å². The number of amides is 2. The molecule has 1 aromatic heterocycles. The molecular formula is C18H29N3O2. The number of carbonyl (C=O) groups is 1. The number of nitrogens with zero attached hydrogens (tertiary/aromatic N) is 2. The minimum absolute atomic E-state index is 0.119. The quantitative estimate of drug-likeness (QED) is 0.820. The summed E-state index contributed by atoms with van der Waals surface area (Å²) in [5, 5.41) is 3.10. The van der Waals surface area contributed by atoms with Gasteiger partial charge in [-0.15, -0.1) is 0 Å². The molecule has 3 rings (SSSR count). The van der Waals surface area contributed by atoms with E-state index >= 15 is 0 Å². The van der Waals surface area contributed by atoms with Crippen LogP contribution in [-0.4, -0.2) is 54.6 Å². The zero-order valence-corrected chi connectivity index (χ0v) is 14.0. The van der Waals surface area contributed by atoms with Crippen LogP contribution in [0.1, 0.15) is 44.3 Å². The Morgan fingerprint density at radius 1 is 1.22 bits per heavy atom. The second-order valence-corrected chi connectivity index (χ2v) is 6.77. The first kappa shape index (κ1) is 16.4. The molecule has 2 fully saturated rings. The first-order valence-electron chi connectivity index (χ1n) is 9.12. The van der Waals surface area contributed by atoms with Gasteiger partial charge in [0, 0.05) is 32.1 Å². The Morgan fingerprint density at radius 2 is 2.04 bits per heavy atom. The molecule has 0 aromatic carbocycles. The second-order valence-electron chi connectivity index (χ2n) is 6.77. The maximum absolute atomic E-state index is 12.5. The van der Waals surface area contributed by atoms with E-state index in [4.69, 9.17) is 4.42 Å². The lowest BCUT2D eigenvalue weighted by molar-refractivity contribution is 0.127. The third-order valence-corrected chi connectivity index (χ3v) is 5.01. The topological polar surface area (TPSA) is 48.7 Å². The lowest BCUT2D eigenvalue weighted by atomic mass is 10.0. The van der Waals surface area contributed by atoms with E-state index < -0.39 is 0 Å². The Morgan fingerprint density at radius 3 is 2.83 bits per heavy atom. The maximum Gasteiger partial charge on any atom is 0.317 e. The molecule has 0 saturated carbocycles. The average molecular weight is 319 g/mol. The van der Waals surface area contributed by atoms with Crippen LogP contribution >= 0.6 is 0 Å². The van der Waals surface area contributed by atoms with Gasteiger partial charge >= 0.3 is 6.03 Å². The molecule has 23 heavy (non-hydrogen) atoms. The first-order chi connectivity index (χ1) is 11.3. The van der Waals surface area contributed by atoms with Crippen LogP contribution in [0.15, 0.2) is 22.8 Å². The molecule has 1 N–H and O–H groups in total. The van der Waals surface area contributed by atoms with Crippen molar-refractivity contribution in [3.63, 3.8) is 0 Å². The van der Waals surface area contributed by atoms with Crippen molar-refractivity contribution in [1.29, 1.82) is 0 Å². The van der Waals surface area contributed by atoms with Gasteiger partial charge in [-0.05, 0) is 63.7 Å². The second kappa shape index (κ2) is 8.39. The van der Waals surface area contributed by atoms with Crippen molar-refractivity contribution < 1.29 is 9.21 Å². The Hall–Kier alpha value is -1.49. The summed E-state index contributed by atoms with van der Waals surface area (Å²) in [6.07, 6.45) is 9.66. The molecule has 0 spiro atoms. The number of aryl methyl sites for hydroxylation is 1. The highest BCUT2D eigenvalue weighted by molar-refractivity contribution is 5.74. The van der Waals surface area contributed by atoms with Gasteiger partial charge in [-0.25, -0.2) is 4.79 Å². The van der Waals surface area contributed by atoms with E-state index in [2.05, 4.69) is 15.1 Å². The van der Waals surface area contributed by atoms with Crippen LogP contribution in [0.2, 0.25) is 0 Å². The van der Waals surface area contributed by atoms with Gasteiger partial charge in [-0.2, -0.15) is 0 Å². The van der Waals surface area contributed by atoms with Crippen molar-refractivity contribution in [1.82, 2.24) is 15.1 Å².